The fourth-order valence-electron chi connectivity index (χ4n) is 3.00. The van der Waals surface area contributed by atoms with Crippen LogP contribution in [0.4, 0.5) is 4.39 Å². The van der Waals surface area contributed by atoms with E-state index >= 15 is 0 Å². The summed E-state index contributed by atoms with van der Waals surface area (Å²) in [7, 11) is 0. The van der Waals surface area contributed by atoms with E-state index in [1.54, 1.807) is 12.1 Å². The standard InChI is InChI=1S/C17H15BrClFO/c18-14-5-4-12-9-17(21,7-6-11(12)8-14)10-13-2-1-3-15(20)16(13)19/h1-5,8,21H,6-7,9-10H2. The van der Waals surface area contributed by atoms with Crippen molar-refractivity contribution < 1.29 is 9.50 Å². The molecule has 0 aliphatic heterocycles. The minimum atomic E-state index is -0.863. The maximum Gasteiger partial charge on any atom is 0.142 e. The molecule has 0 spiro atoms. The van der Waals surface area contributed by atoms with Crippen molar-refractivity contribution in [3.05, 3.63) is 68.4 Å². The molecule has 110 valence electrons. The van der Waals surface area contributed by atoms with Gasteiger partial charge in [0.05, 0.1) is 10.6 Å². The highest BCUT2D eigenvalue weighted by atomic mass is 79.9. The molecular weight excluding hydrogens is 355 g/mol. The Labute approximate surface area is 136 Å². The van der Waals surface area contributed by atoms with E-state index in [4.69, 9.17) is 11.6 Å². The van der Waals surface area contributed by atoms with Crippen LogP contribution in [0.15, 0.2) is 40.9 Å². The topological polar surface area (TPSA) is 20.2 Å². The Morgan fingerprint density at radius 1 is 1.24 bits per heavy atom. The molecule has 4 heteroatoms. The van der Waals surface area contributed by atoms with E-state index < -0.39 is 11.4 Å². The molecule has 0 radical (unpaired) electrons. The van der Waals surface area contributed by atoms with Gasteiger partial charge in [-0.25, -0.2) is 4.39 Å². The van der Waals surface area contributed by atoms with Crippen LogP contribution >= 0.6 is 27.5 Å². The van der Waals surface area contributed by atoms with Crippen LogP contribution in [-0.2, 0) is 19.3 Å². The second-order valence-corrected chi connectivity index (χ2v) is 7.00. The van der Waals surface area contributed by atoms with Crippen LogP contribution in [0.3, 0.4) is 0 Å². The van der Waals surface area contributed by atoms with Gasteiger partial charge in [0.25, 0.3) is 0 Å². The van der Waals surface area contributed by atoms with Gasteiger partial charge in [-0.1, -0.05) is 45.7 Å². The third-order valence-electron chi connectivity index (χ3n) is 4.10. The van der Waals surface area contributed by atoms with Crippen LogP contribution in [0.2, 0.25) is 5.02 Å². The molecule has 0 amide bonds. The maximum atomic E-state index is 13.5. The van der Waals surface area contributed by atoms with Crippen molar-refractivity contribution in [1.82, 2.24) is 0 Å². The van der Waals surface area contributed by atoms with Gasteiger partial charge in [0.1, 0.15) is 5.82 Å². The van der Waals surface area contributed by atoms with Crippen molar-refractivity contribution in [2.75, 3.05) is 0 Å². The van der Waals surface area contributed by atoms with Crippen molar-refractivity contribution in [2.24, 2.45) is 0 Å². The number of fused-ring (bicyclic) bond motifs is 1. The van der Waals surface area contributed by atoms with Crippen molar-refractivity contribution >= 4 is 27.5 Å². The number of halogens is 3. The van der Waals surface area contributed by atoms with Gasteiger partial charge in [-0.2, -0.15) is 0 Å². The smallest absolute Gasteiger partial charge is 0.142 e. The first-order valence-electron chi connectivity index (χ1n) is 6.89. The fourth-order valence-corrected chi connectivity index (χ4v) is 3.60. The molecule has 0 bridgehead atoms. The molecule has 1 unspecified atom stereocenters. The molecule has 3 rings (SSSR count). The van der Waals surface area contributed by atoms with E-state index in [-0.39, 0.29) is 5.02 Å². The molecule has 0 saturated heterocycles. The van der Waals surface area contributed by atoms with Crippen molar-refractivity contribution in [2.45, 2.75) is 31.3 Å². The zero-order valence-electron chi connectivity index (χ0n) is 11.4. The second-order valence-electron chi connectivity index (χ2n) is 5.70. The minimum absolute atomic E-state index is 0.118. The molecule has 1 aliphatic carbocycles. The third kappa shape index (κ3) is 3.15. The number of hydrogen-bond acceptors (Lipinski definition) is 1. The average molecular weight is 370 g/mol. The lowest BCUT2D eigenvalue weighted by Crippen LogP contribution is -2.38. The van der Waals surface area contributed by atoms with E-state index in [1.165, 1.54) is 11.6 Å². The van der Waals surface area contributed by atoms with Crippen LogP contribution in [-0.4, -0.2) is 10.7 Å². The number of hydrogen-bond donors (Lipinski definition) is 1. The molecule has 1 N–H and O–H groups in total. The van der Waals surface area contributed by atoms with Crippen molar-refractivity contribution in [3.63, 3.8) is 0 Å². The monoisotopic (exact) mass is 368 g/mol. The van der Waals surface area contributed by atoms with Crippen LogP contribution in [0.25, 0.3) is 0 Å². The van der Waals surface area contributed by atoms with Gasteiger partial charge in [-0.05, 0) is 47.7 Å². The lowest BCUT2D eigenvalue weighted by Gasteiger charge is -2.34. The molecule has 0 aromatic heterocycles. The lowest BCUT2D eigenvalue weighted by atomic mass is 9.77. The fraction of sp³-hybridized carbons (Fsp3) is 0.294. The maximum absolute atomic E-state index is 13.5. The second kappa shape index (κ2) is 5.71. The largest absolute Gasteiger partial charge is 0.389 e. The van der Waals surface area contributed by atoms with Gasteiger partial charge >= 0.3 is 0 Å². The number of aryl methyl sites for hydroxylation is 1. The van der Waals surface area contributed by atoms with Gasteiger partial charge in [0.2, 0.25) is 0 Å². The van der Waals surface area contributed by atoms with Crippen molar-refractivity contribution in [3.8, 4) is 0 Å². The highest BCUT2D eigenvalue weighted by Crippen LogP contribution is 2.34. The van der Waals surface area contributed by atoms with Crippen LogP contribution < -0.4 is 0 Å². The summed E-state index contributed by atoms with van der Waals surface area (Å²) in [6.45, 7) is 0. The Hall–Kier alpha value is -0.900. The van der Waals surface area contributed by atoms with Crippen molar-refractivity contribution in [1.29, 1.82) is 0 Å². The SMILES string of the molecule is OC1(Cc2cccc(F)c2Cl)CCc2cc(Br)ccc2C1. The molecule has 0 heterocycles. The van der Waals surface area contributed by atoms with Gasteiger partial charge in [0, 0.05) is 17.3 Å². The molecule has 2 aromatic carbocycles. The van der Waals surface area contributed by atoms with E-state index in [0.717, 1.165) is 16.5 Å². The van der Waals surface area contributed by atoms with Gasteiger partial charge in [-0.15, -0.1) is 0 Å². The van der Waals surface area contributed by atoms with E-state index in [1.807, 2.05) is 12.1 Å². The molecule has 0 saturated carbocycles. The first kappa shape index (κ1) is 15.0. The van der Waals surface area contributed by atoms with Gasteiger partial charge in [0.15, 0.2) is 0 Å². The minimum Gasteiger partial charge on any atom is -0.389 e. The summed E-state index contributed by atoms with van der Waals surface area (Å²) in [6, 6.07) is 10.9. The van der Waals surface area contributed by atoms with Gasteiger partial charge < -0.3 is 5.11 Å². The summed E-state index contributed by atoms with van der Waals surface area (Å²) < 4.78 is 14.6. The molecule has 0 fully saturated rings. The zero-order valence-corrected chi connectivity index (χ0v) is 13.7. The Kier molecular flexibility index (Phi) is 4.08. The molecular formula is C17H15BrClFO. The quantitative estimate of drug-likeness (QED) is 0.813. The Morgan fingerprint density at radius 2 is 2.05 bits per heavy atom. The Balaban J connectivity index is 1.86. The number of aliphatic hydroxyl groups is 1. The van der Waals surface area contributed by atoms with E-state index in [9.17, 15) is 9.50 Å². The lowest BCUT2D eigenvalue weighted by molar-refractivity contribution is 0.0267. The summed E-state index contributed by atoms with van der Waals surface area (Å²) in [6.07, 6.45) is 2.42. The zero-order chi connectivity index (χ0) is 15.0. The number of benzene rings is 2. The summed E-state index contributed by atoms with van der Waals surface area (Å²) in [4.78, 5) is 0. The molecule has 1 atom stereocenters. The van der Waals surface area contributed by atoms with Crippen LogP contribution in [0.1, 0.15) is 23.1 Å². The summed E-state index contributed by atoms with van der Waals surface area (Å²) in [5.74, 6) is -0.432. The normalized spacial score (nSPS) is 21.1. The van der Waals surface area contributed by atoms with Crippen LogP contribution in [0, 0.1) is 5.82 Å². The van der Waals surface area contributed by atoms with Crippen LogP contribution in [0.5, 0.6) is 0 Å². The predicted molar refractivity (Wildman–Crippen MR) is 86.2 cm³/mol. The highest BCUT2D eigenvalue weighted by molar-refractivity contribution is 9.10. The molecule has 21 heavy (non-hydrogen) atoms. The summed E-state index contributed by atoms with van der Waals surface area (Å²) >= 11 is 9.47. The number of rotatable bonds is 2. The van der Waals surface area contributed by atoms with E-state index in [2.05, 4.69) is 22.0 Å². The van der Waals surface area contributed by atoms with Gasteiger partial charge in [-0.3, -0.25) is 0 Å². The molecule has 2 aromatic rings. The third-order valence-corrected chi connectivity index (χ3v) is 5.02. The summed E-state index contributed by atoms with van der Waals surface area (Å²) in [5, 5.41) is 11.0. The molecule has 1 nitrogen and oxygen atoms in total. The first-order chi connectivity index (χ1) is 9.97. The van der Waals surface area contributed by atoms with E-state index in [0.29, 0.717) is 24.8 Å². The predicted octanol–water partition coefficient (Wildman–Crippen LogP) is 4.70. The first-order valence-corrected chi connectivity index (χ1v) is 8.06. The molecule has 1 aliphatic rings. The average Bonchev–Trinajstić information content (AvgIpc) is 2.44. The highest BCUT2D eigenvalue weighted by Gasteiger charge is 2.33. The Bertz CT molecular complexity index is 688. The summed E-state index contributed by atoms with van der Waals surface area (Å²) in [5.41, 5.74) is 2.22. The Morgan fingerprint density at radius 3 is 2.86 bits per heavy atom.